The molecule has 2 aromatic carbocycles. The van der Waals surface area contributed by atoms with Crippen LogP contribution in [0.5, 0.6) is 0 Å². The average Bonchev–Trinajstić information content (AvgIpc) is 3.71. The molecule has 0 radical (unpaired) electrons. The van der Waals surface area contributed by atoms with Crippen molar-refractivity contribution in [2.24, 2.45) is 0 Å². The first-order valence-corrected chi connectivity index (χ1v) is 16.4. The van der Waals surface area contributed by atoms with E-state index >= 15 is 0 Å². The first-order valence-electron chi connectivity index (χ1n) is 15.6. The molecule has 4 amide bonds. The summed E-state index contributed by atoms with van der Waals surface area (Å²) in [5, 5.41) is 7.30. The highest BCUT2D eigenvalue weighted by Gasteiger charge is 2.46. The highest BCUT2D eigenvalue weighted by Crippen LogP contribution is 2.33. The van der Waals surface area contributed by atoms with E-state index in [1.807, 2.05) is 85.1 Å². The maximum absolute atomic E-state index is 14.4. The number of hydrogen-bond acceptors (Lipinski definition) is 6. The lowest BCUT2D eigenvalue weighted by molar-refractivity contribution is -0.134. The molecule has 6 rings (SSSR count). The van der Waals surface area contributed by atoms with Crippen LogP contribution in [0.15, 0.2) is 85.1 Å². The van der Waals surface area contributed by atoms with Crippen LogP contribution in [-0.2, 0) is 17.8 Å². The van der Waals surface area contributed by atoms with Crippen molar-refractivity contribution in [1.29, 1.82) is 0 Å². The van der Waals surface area contributed by atoms with Gasteiger partial charge in [-0.1, -0.05) is 67.4 Å². The van der Waals surface area contributed by atoms with Gasteiger partial charge in [0, 0.05) is 43.1 Å². The number of fused-ring (bicyclic) bond motifs is 1. The zero-order chi connectivity index (χ0) is 30.4. The van der Waals surface area contributed by atoms with E-state index in [-0.39, 0.29) is 30.4 Å². The Kier molecular flexibility index (Phi) is 9.33. The van der Waals surface area contributed by atoms with E-state index in [0.29, 0.717) is 24.1 Å². The number of carbonyl (C=O) groups is 3. The Morgan fingerprint density at radius 3 is 2.39 bits per heavy atom. The molecule has 9 heteroatoms. The molecule has 4 aromatic rings. The number of thiophene rings is 1. The monoisotopic (exact) mass is 609 g/mol. The number of nitrogens with zero attached hydrogens (tertiary/aromatic N) is 3. The minimum atomic E-state index is -1.10. The van der Waals surface area contributed by atoms with Crippen molar-refractivity contribution in [3.63, 3.8) is 0 Å². The van der Waals surface area contributed by atoms with Crippen LogP contribution >= 0.6 is 11.3 Å². The third-order valence-corrected chi connectivity index (χ3v) is 9.97. The van der Waals surface area contributed by atoms with Crippen LogP contribution in [0.3, 0.4) is 0 Å². The summed E-state index contributed by atoms with van der Waals surface area (Å²) in [6.07, 6.45) is 6.63. The van der Waals surface area contributed by atoms with E-state index in [0.717, 1.165) is 66.7 Å². The van der Waals surface area contributed by atoms with Gasteiger partial charge in [0.2, 0.25) is 0 Å². The third-order valence-electron chi connectivity index (χ3n) is 8.85. The molecule has 1 saturated carbocycles. The highest BCUT2D eigenvalue weighted by molar-refractivity contribution is 7.20. The molecule has 228 valence electrons. The summed E-state index contributed by atoms with van der Waals surface area (Å²) in [5.74, 6) is -0.573. The summed E-state index contributed by atoms with van der Waals surface area (Å²) in [6.45, 7) is 2.71. The molecule has 3 heterocycles. The molecule has 0 bridgehead atoms. The van der Waals surface area contributed by atoms with Crippen LogP contribution in [0.1, 0.15) is 59.5 Å². The summed E-state index contributed by atoms with van der Waals surface area (Å²) in [7, 11) is 0. The molecule has 1 aliphatic carbocycles. The van der Waals surface area contributed by atoms with Gasteiger partial charge < -0.3 is 10.6 Å². The quantitative estimate of drug-likeness (QED) is 0.251. The van der Waals surface area contributed by atoms with Crippen LogP contribution in [0, 0.1) is 0 Å². The summed E-state index contributed by atoms with van der Waals surface area (Å²) in [5.41, 5.74) is 0.982. The maximum Gasteiger partial charge on any atom is 0.324 e. The molecule has 0 spiro atoms. The second-order valence-corrected chi connectivity index (χ2v) is 13.0. The summed E-state index contributed by atoms with van der Waals surface area (Å²) in [6, 6.07) is 25.2. The lowest BCUT2D eigenvalue weighted by Gasteiger charge is -2.36. The number of imide groups is 1. The Morgan fingerprint density at radius 1 is 0.932 bits per heavy atom. The summed E-state index contributed by atoms with van der Waals surface area (Å²) in [4.78, 5) is 50.6. The van der Waals surface area contributed by atoms with Crippen molar-refractivity contribution in [1.82, 2.24) is 25.4 Å². The van der Waals surface area contributed by atoms with Crippen molar-refractivity contribution in [2.45, 2.75) is 63.1 Å². The van der Waals surface area contributed by atoms with Crippen molar-refractivity contribution in [3.05, 3.63) is 101 Å². The van der Waals surface area contributed by atoms with Gasteiger partial charge in [0.05, 0.1) is 10.6 Å². The van der Waals surface area contributed by atoms with Gasteiger partial charge in [-0.05, 0) is 67.3 Å². The van der Waals surface area contributed by atoms with Gasteiger partial charge in [0.15, 0.2) is 0 Å². The van der Waals surface area contributed by atoms with E-state index in [1.165, 1.54) is 16.2 Å². The SMILES string of the molecule is O=C(NC1(C(=O)N(CCc2ccccc2)C(=O)NC2CCN(Cc3ccccn3)CC2)CCCC1)c1cc2ccccc2s1. The molecule has 2 N–H and O–H groups in total. The van der Waals surface area contributed by atoms with E-state index < -0.39 is 5.54 Å². The number of piperidine rings is 1. The molecule has 0 atom stereocenters. The molecule has 0 unspecified atom stereocenters. The molecule has 1 aliphatic heterocycles. The fourth-order valence-electron chi connectivity index (χ4n) is 6.39. The molecule has 44 heavy (non-hydrogen) atoms. The number of rotatable bonds is 9. The van der Waals surface area contributed by atoms with Crippen LogP contribution in [-0.4, -0.2) is 63.8 Å². The van der Waals surface area contributed by atoms with Gasteiger partial charge in [-0.2, -0.15) is 0 Å². The zero-order valence-electron chi connectivity index (χ0n) is 24.9. The van der Waals surface area contributed by atoms with E-state index in [2.05, 4.69) is 20.5 Å². The number of pyridine rings is 1. The lowest BCUT2D eigenvalue weighted by atomic mass is 9.94. The number of nitrogens with one attached hydrogen (secondary N) is 2. The summed E-state index contributed by atoms with van der Waals surface area (Å²) < 4.78 is 1.03. The third kappa shape index (κ3) is 7.00. The van der Waals surface area contributed by atoms with Crippen molar-refractivity contribution >= 4 is 39.3 Å². The van der Waals surface area contributed by atoms with Gasteiger partial charge >= 0.3 is 6.03 Å². The fraction of sp³-hybridized carbons (Fsp3) is 0.371. The molecule has 2 aliphatic rings. The lowest BCUT2D eigenvalue weighted by Crippen LogP contribution is -2.61. The fourth-order valence-corrected chi connectivity index (χ4v) is 7.35. The zero-order valence-corrected chi connectivity index (χ0v) is 25.7. The second-order valence-electron chi connectivity index (χ2n) is 11.9. The number of likely N-dealkylation sites (tertiary alicyclic amines) is 1. The Bertz CT molecular complexity index is 1540. The van der Waals surface area contributed by atoms with Crippen molar-refractivity contribution in [3.8, 4) is 0 Å². The molecule has 2 aromatic heterocycles. The average molecular weight is 610 g/mol. The van der Waals surface area contributed by atoms with Gasteiger partial charge in [0.1, 0.15) is 5.54 Å². The molecular weight excluding hydrogens is 570 g/mol. The highest BCUT2D eigenvalue weighted by atomic mass is 32.1. The van der Waals surface area contributed by atoms with Gasteiger partial charge in [-0.25, -0.2) is 4.79 Å². The van der Waals surface area contributed by atoms with Crippen molar-refractivity contribution in [2.75, 3.05) is 19.6 Å². The molecule has 1 saturated heterocycles. The Balaban J connectivity index is 1.16. The summed E-state index contributed by atoms with van der Waals surface area (Å²) >= 11 is 1.42. The topological polar surface area (TPSA) is 94.6 Å². The molecular formula is C35H39N5O3S. The predicted octanol–water partition coefficient (Wildman–Crippen LogP) is 5.78. The van der Waals surface area contributed by atoms with E-state index in [4.69, 9.17) is 0 Å². The van der Waals surface area contributed by atoms with Crippen LogP contribution in [0.4, 0.5) is 4.79 Å². The number of benzene rings is 2. The number of amides is 4. The number of aromatic nitrogens is 1. The smallest absolute Gasteiger partial charge is 0.324 e. The van der Waals surface area contributed by atoms with Gasteiger partial charge in [0.25, 0.3) is 11.8 Å². The number of carbonyl (C=O) groups excluding carboxylic acids is 3. The van der Waals surface area contributed by atoms with E-state index in [1.54, 1.807) is 0 Å². The predicted molar refractivity (Wildman–Crippen MR) is 173 cm³/mol. The standard InChI is InChI=1S/C35H39N5O3S/c41-32(31-24-27-12-4-5-14-30(27)44-31)38-35(18-7-8-19-35)33(42)40(23-15-26-10-2-1-3-11-26)34(43)37-28-16-21-39(22-17-28)25-29-13-6-9-20-36-29/h1-6,9-14,20,24,28H,7-8,15-19,21-23,25H2,(H,37,43)(H,38,41). The maximum atomic E-state index is 14.4. The minimum Gasteiger partial charge on any atom is -0.337 e. The van der Waals surface area contributed by atoms with E-state index in [9.17, 15) is 14.4 Å². The Morgan fingerprint density at radius 2 is 1.66 bits per heavy atom. The van der Waals surface area contributed by atoms with Crippen LogP contribution in [0.25, 0.3) is 10.1 Å². The molecule has 2 fully saturated rings. The van der Waals surface area contributed by atoms with Gasteiger partial charge in [-0.3, -0.25) is 24.4 Å². The minimum absolute atomic E-state index is 0.0258. The molecule has 8 nitrogen and oxygen atoms in total. The largest absolute Gasteiger partial charge is 0.337 e. The number of hydrogen-bond donors (Lipinski definition) is 2. The Labute approximate surface area is 262 Å². The first kappa shape index (κ1) is 30.0. The first-order chi connectivity index (χ1) is 21.5. The second kappa shape index (κ2) is 13.7. The number of urea groups is 1. The normalized spacial score (nSPS) is 16.9. The van der Waals surface area contributed by atoms with Gasteiger partial charge in [-0.15, -0.1) is 11.3 Å². The van der Waals surface area contributed by atoms with Crippen LogP contribution < -0.4 is 10.6 Å². The van der Waals surface area contributed by atoms with Crippen molar-refractivity contribution < 1.29 is 14.4 Å². The van der Waals surface area contributed by atoms with Crippen LogP contribution in [0.2, 0.25) is 0 Å². The Hall–Kier alpha value is -4.08.